The van der Waals surface area contributed by atoms with E-state index in [1.807, 2.05) is 36.4 Å². The first-order chi connectivity index (χ1) is 28.4. The molecule has 0 aliphatic heterocycles. The van der Waals surface area contributed by atoms with Crippen molar-refractivity contribution in [3.63, 3.8) is 0 Å². The second-order valence-corrected chi connectivity index (χ2v) is 13.3. The maximum absolute atomic E-state index is 12.7. The lowest BCUT2D eigenvalue weighted by Crippen LogP contribution is -2.09. The predicted octanol–water partition coefficient (Wildman–Crippen LogP) is 11.2. The van der Waals surface area contributed by atoms with Crippen LogP contribution in [0.4, 0.5) is 0 Å². The number of hydrogen-bond acceptors (Lipinski definition) is 8. The standard InChI is InChI=1S/C50H36N2O6/c1-55-41-25-21-39(22-26-41)49(53)57-45-29-13-33(31-51-45)11-15-37-19-17-35-7-3-5-9-43(35)47(37)48-38(20-18-36-8-4-6-10-44(36)48)16-12-34-14-30-46(52-32-34)58-50(54)40-23-27-42(56-2)28-24-40/h3-32H,1-2H3/b15-11-,16-12-. The van der Waals surface area contributed by atoms with E-state index in [4.69, 9.17) is 18.9 Å². The van der Waals surface area contributed by atoms with Crippen LogP contribution in [0.2, 0.25) is 0 Å². The number of rotatable bonds is 11. The number of aromatic nitrogens is 2. The first kappa shape index (κ1) is 37.1. The van der Waals surface area contributed by atoms with Gasteiger partial charge in [-0.05, 0) is 116 Å². The number of fused-ring (bicyclic) bond motifs is 2. The van der Waals surface area contributed by atoms with Crippen LogP contribution in [0.5, 0.6) is 23.3 Å². The summed E-state index contributed by atoms with van der Waals surface area (Å²) in [6.45, 7) is 0. The molecule has 2 aromatic heterocycles. The van der Waals surface area contributed by atoms with E-state index in [-0.39, 0.29) is 11.8 Å². The summed E-state index contributed by atoms with van der Waals surface area (Å²) < 4.78 is 21.4. The lowest BCUT2D eigenvalue weighted by atomic mass is 9.86. The van der Waals surface area contributed by atoms with Crippen LogP contribution < -0.4 is 18.9 Å². The number of carbonyl (C=O) groups excluding carboxylic acids is 2. The molecular formula is C50H36N2O6. The number of pyridine rings is 2. The molecule has 0 spiro atoms. The number of esters is 2. The fourth-order valence-electron chi connectivity index (χ4n) is 6.65. The van der Waals surface area contributed by atoms with Crippen molar-refractivity contribution in [2.24, 2.45) is 0 Å². The maximum Gasteiger partial charge on any atom is 0.344 e. The third kappa shape index (κ3) is 8.22. The van der Waals surface area contributed by atoms with E-state index in [1.165, 1.54) is 0 Å². The van der Waals surface area contributed by atoms with Crippen LogP contribution in [0.25, 0.3) is 57.0 Å². The highest BCUT2D eigenvalue weighted by Gasteiger charge is 2.16. The Hall–Kier alpha value is -7.84. The summed E-state index contributed by atoms with van der Waals surface area (Å²) in [6, 6.07) is 45.8. The van der Waals surface area contributed by atoms with Crippen LogP contribution in [0.15, 0.2) is 158 Å². The quantitative estimate of drug-likeness (QED) is 0.120. The van der Waals surface area contributed by atoms with E-state index in [1.54, 1.807) is 87.3 Å². The Morgan fingerprint density at radius 2 is 0.862 bits per heavy atom. The molecule has 0 N–H and O–H groups in total. The lowest BCUT2D eigenvalue weighted by molar-refractivity contribution is 0.0717. The fraction of sp³-hybridized carbons (Fsp3) is 0.0400. The number of nitrogens with zero attached hydrogens (tertiary/aromatic N) is 2. The van der Waals surface area contributed by atoms with Crippen LogP contribution in [0.3, 0.4) is 0 Å². The second kappa shape index (κ2) is 16.9. The zero-order valence-electron chi connectivity index (χ0n) is 31.7. The van der Waals surface area contributed by atoms with Crippen LogP contribution >= 0.6 is 0 Å². The normalized spacial score (nSPS) is 11.3. The summed E-state index contributed by atoms with van der Waals surface area (Å²) in [6.07, 6.45) is 11.6. The summed E-state index contributed by atoms with van der Waals surface area (Å²) >= 11 is 0. The van der Waals surface area contributed by atoms with Gasteiger partial charge in [-0.25, -0.2) is 19.6 Å². The van der Waals surface area contributed by atoms with Crippen LogP contribution in [-0.4, -0.2) is 36.1 Å². The van der Waals surface area contributed by atoms with Gasteiger partial charge in [0.15, 0.2) is 0 Å². The third-order valence-electron chi connectivity index (χ3n) is 9.65. The Balaban J connectivity index is 1.09. The highest BCUT2D eigenvalue weighted by molar-refractivity contribution is 6.11. The van der Waals surface area contributed by atoms with Gasteiger partial charge in [0, 0.05) is 24.5 Å². The van der Waals surface area contributed by atoms with E-state index in [0.717, 1.165) is 54.9 Å². The monoisotopic (exact) mass is 760 g/mol. The van der Waals surface area contributed by atoms with Gasteiger partial charge < -0.3 is 18.9 Å². The Labute approximate surface area is 335 Å². The van der Waals surface area contributed by atoms with Gasteiger partial charge in [0.2, 0.25) is 11.8 Å². The van der Waals surface area contributed by atoms with Crippen molar-refractivity contribution in [3.8, 4) is 34.4 Å². The molecule has 0 bridgehead atoms. The van der Waals surface area contributed by atoms with Gasteiger partial charge in [0.1, 0.15) is 11.5 Å². The van der Waals surface area contributed by atoms with E-state index in [0.29, 0.717) is 22.6 Å². The second-order valence-electron chi connectivity index (χ2n) is 13.3. The largest absolute Gasteiger partial charge is 0.497 e. The minimum absolute atomic E-state index is 0.205. The maximum atomic E-state index is 12.7. The number of hydrogen-bond donors (Lipinski definition) is 0. The zero-order valence-corrected chi connectivity index (χ0v) is 31.7. The highest BCUT2D eigenvalue weighted by Crippen LogP contribution is 2.40. The highest BCUT2D eigenvalue weighted by atomic mass is 16.5. The molecule has 2 heterocycles. The van der Waals surface area contributed by atoms with Crippen molar-refractivity contribution >= 4 is 57.8 Å². The number of ether oxygens (including phenoxy) is 4. The Bertz CT molecular complexity index is 2610. The molecule has 282 valence electrons. The van der Waals surface area contributed by atoms with Crippen molar-refractivity contribution in [1.82, 2.24) is 9.97 Å². The van der Waals surface area contributed by atoms with Gasteiger partial charge in [-0.1, -0.05) is 97.1 Å². The Morgan fingerprint density at radius 3 is 1.24 bits per heavy atom. The molecular weight excluding hydrogens is 725 g/mol. The van der Waals surface area contributed by atoms with E-state index in [9.17, 15) is 9.59 Å². The van der Waals surface area contributed by atoms with E-state index >= 15 is 0 Å². The van der Waals surface area contributed by atoms with Crippen LogP contribution in [0, 0.1) is 0 Å². The molecule has 0 saturated heterocycles. The fourth-order valence-corrected chi connectivity index (χ4v) is 6.65. The van der Waals surface area contributed by atoms with Crippen molar-refractivity contribution in [2.45, 2.75) is 0 Å². The number of carbonyl (C=O) groups is 2. The van der Waals surface area contributed by atoms with Crippen molar-refractivity contribution in [3.05, 3.63) is 191 Å². The summed E-state index contributed by atoms with van der Waals surface area (Å²) in [5.74, 6) is 0.715. The average molecular weight is 761 g/mol. The van der Waals surface area contributed by atoms with Gasteiger partial charge in [0.05, 0.1) is 25.3 Å². The Kier molecular flexibility index (Phi) is 10.8. The SMILES string of the molecule is COc1ccc(C(=O)Oc2ccc(/C=C\c3ccc4ccccc4c3-c3c(/C=C\c4ccc(OC(=O)c5ccc(OC)cc5)nc4)ccc4ccccc34)cn2)cc1. The van der Waals surface area contributed by atoms with Gasteiger partial charge >= 0.3 is 11.9 Å². The lowest BCUT2D eigenvalue weighted by Gasteiger charge is -2.17. The van der Waals surface area contributed by atoms with Crippen molar-refractivity contribution in [1.29, 1.82) is 0 Å². The molecule has 58 heavy (non-hydrogen) atoms. The molecule has 0 amide bonds. The molecule has 8 heteroatoms. The first-order valence-corrected chi connectivity index (χ1v) is 18.5. The first-order valence-electron chi connectivity index (χ1n) is 18.5. The number of benzene rings is 6. The molecule has 0 radical (unpaired) electrons. The summed E-state index contributed by atoms with van der Waals surface area (Å²) in [7, 11) is 3.14. The molecule has 8 aromatic rings. The summed E-state index contributed by atoms with van der Waals surface area (Å²) in [5, 5.41) is 4.45. The molecule has 8 rings (SSSR count). The minimum Gasteiger partial charge on any atom is -0.497 e. The molecule has 0 atom stereocenters. The molecule has 0 saturated carbocycles. The number of methoxy groups -OCH3 is 2. The smallest absolute Gasteiger partial charge is 0.344 e. The summed E-state index contributed by atoms with van der Waals surface area (Å²) in [4.78, 5) is 34.2. The molecule has 0 fully saturated rings. The minimum atomic E-state index is -0.501. The Morgan fingerprint density at radius 1 is 0.448 bits per heavy atom. The molecule has 0 aliphatic rings. The van der Waals surface area contributed by atoms with E-state index < -0.39 is 11.9 Å². The van der Waals surface area contributed by atoms with Gasteiger partial charge in [-0.3, -0.25) is 0 Å². The predicted molar refractivity (Wildman–Crippen MR) is 229 cm³/mol. The van der Waals surface area contributed by atoms with E-state index in [2.05, 4.69) is 82.8 Å². The molecule has 0 unspecified atom stereocenters. The topological polar surface area (TPSA) is 96.8 Å². The molecule has 0 aliphatic carbocycles. The van der Waals surface area contributed by atoms with Gasteiger partial charge in [0.25, 0.3) is 0 Å². The summed E-state index contributed by atoms with van der Waals surface area (Å²) in [5.41, 5.74) is 6.69. The average Bonchev–Trinajstić information content (AvgIpc) is 3.28. The zero-order chi connectivity index (χ0) is 39.8. The van der Waals surface area contributed by atoms with Gasteiger partial charge in [-0.15, -0.1) is 0 Å². The van der Waals surface area contributed by atoms with Crippen molar-refractivity contribution in [2.75, 3.05) is 14.2 Å². The molecule has 8 nitrogen and oxygen atoms in total. The third-order valence-corrected chi connectivity index (χ3v) is 9.65. The van der Waals surface area contributed by atoms with Crippen LogP contribution in [0.1, 0.15) is 43.0 Å². The molecule has 6 aromatic carbocycles. The van der Waals surface area contributed by atoms with Gasteiger partial charge in [-0.2, -0.15) is 0 Å². The van der Waals surface area contributed by atoms with Crippen LogP contribution in [-0.2, 0) is 0 Å². The van der Waals surface area contributed by atoms with Crippen molar-refractivity contribution < 1.29 is 28.5 Å².